The van der Waals surface area contributed by atoms with Crippen molar-refractivity contribution >= 4 is 9.84 Å². The molecular formula is C11H12O3S. The number of sulfone groups is 1. The average Bonchev–Trinajstić information content (AvgIpc) is 2.18. The summed E-state index contributed by atoms with van der Waals surface area (Å²) in [7, 11) is -3.13. The predicted molar refractivity (Wildman–Crippen MR) is 58.1 cm³/mol. The maximum absolute atomic E-state index is 11.1. The normalized spacial score (nSPS) is 10.5. The van der Waals surface area contributed by atoms with E-state index in [2.05, 4.69) is 11.8 Å². The minimum atomic E-state index is -3.13. The third-order valence-corrected chi connectivity index (χ3v) is 2.88. The first-order valence-corrected chi connectivity index (χ1v) is 6.33. The summed E-state index contributed by atoms with van der Waals surface area (Å²) in [5.74, 6) is 5.58. The summed E-state index contributed by atoms with van der Waals surface area (Å²) in [6.07, 6.45) is 1.59. The Balaban J connectivity index is 2.88. The molecule has 0 bridgehead atoms. The molecule has 0 heterocycles. The molecule has 0 amide bonds. The van der Waals surface area contributed by atoms with Gasteiger partial charge in [0.2, 0.25) is 0 Å². The summed E-state index contributed by atoms with van der Waals surface area (Å²) >= 11 is 0. The monoisotopic (exact) mass is 224 g/mol. The molecule has 4 heteroatoms. The van der Waals surface area contributed by atoms with Crippen molar-refractivity contribution in [1.82, 2.24) is 0 Å². The minimum absolute atomic E-state index is 0.0361. The van der Waals surface area contributed by atoms with Gasteiger partial charge in [-0.05, 0) is 24.3 Å². The van der Waals surface area contributed by atoms with Crippen LogP contribution in [0.25, 0.3) is 0 Å². The molecule has 0 fully saturated rings. The Bertz CT molecular complexity index is 475. The van der Waals surface area contributed by atoms with Gasteiger partial charge >= 0.3 is 0 Å². The van der Waals surface area contributed by atoms with E-state index in [1.54, 1.807) is 12.1 Å². The summed E-state index contributed by atoms with van der Waals surface area (Å²) in [4.78, 5) is 0.287. The molecule has 0 aliphatic rings. The number of aliphatic hydroxyl groups excluding tert-OH is 1. The number of hydrogen-bond donors (Lipinski definition) is 1. The predicted octanol–water partition coefficient (Wildman–Crippen LogP) is 0.824. The first kappa shape index (κ1) is 11.8. The Hall–Kier alpha value is -1.31. The Morgan fingerprint density at radius 3 is 2.33 bits per heavy atom. The second-order valence-electron chi connectivity index (χ2n) is 3.07. The zero-order valence-corrected chi connectivity index (χ0v) is 9.21. The van der Waals surface area contributed by atoms with Crippen molar-refractivity contribution in [2.45, 2.75) is 11.3 Å². The lowest BCUT2D eigenvalue weighted by Crippen LogP contribution is -1.96. The van der Waals surface area contributed by atoms with Gasteiger partial charge in [-0.25, -0.2) is 8.42 Å². The molecule has 0 saturated carbocycles. The molecule has 0 unspecified atom stereocenters. The van der Waals surface area contributed by atoms with Gasteiger partial charge in [-0.1, -0.05) is 11.8 Å². The van der Waals surface area contributed by atoms with Crippen molar-refractivity contribution in [3.05, 3.63) is 29.8 Å². The molecule has 80 valence electrons. The van der Waals surface area contributed by atoms with Crippen LogP contribution in [0.4, 0.5) is 0 Å². The first-order valence-electron chi connectivity index (χ1n) is 4.44. The lowest BCUT2D eigenvalue weighted by molar-refractivity contribution is 0.305. The van der Waals surface area contributed by atoms with E-state index in [-0.39, 0.29) is 11.5 Å². The largest absolute Gasteiger partial charge is 0.395 e. The minimum Gasteiger partial charge on any atom is -0.395 e. The van der Waals surface area contributed by atoms with E-state index in [1.807, 2.05) is 0 Å². The van der Waals surface area contributed by atoms with E-state index in [9.17, 15) is 8.42 Å². The molecular weight excluding hydrogens is 212 g/mol. The van der Waals surface area contributed by atoms with Crippen molar-refractivity contribution in [2.24, 2.45) is 0 Å². The van der Waals surface area contributed by atoms with E-state index < -0.39 is 9.84 Å². The van der Waals surface area contributed by atoms with Crippen LogP contribution in [0, 0.1) is 11.8 Å². The van der Waals surface area contributed by atoms with Gasteiger partial charge in [-0.2, -0.15) is 0 Å². The highest BCUT2D eigenvalue weighted by molar-refractivity contribution is 7.90. The second-order valence-corrected chi connectivity index (χ2v) is 5.09. The molecule has 15 heavy (non-hydrogen) atoms. The highest BCUT2D eigenvalue weighted by Gasteiger charge is 2.04. The fraction of sp³-hybridized carbons (Fsp3) is 0.273. The summed E-state index contributed by atoms with van der Waals surface area (Å²) in [5.41, 5.74) is 0.746. The molecule has 0 atom stereocenters. The maximum Gasteiger partial charge on any atom is 0.175 e. The van der Waals surface area contributed by atoms with E-state index in [0.29, 0.717) is 6.42 Å². The van der Waals surface area contributed by atoms with Gasteiger partial charge in [0, 0.05) is 18.2 Å². The van der Waals surface area contributed by atoms with E-state index >= 15 is 0 Å². The van der Waals surface area contributed by atoms with Crippen molar-refractivity contribution in [3.8, 4) is 11.8 Å². The van der Waals surface area contributed by atoms with Crippen LogP contribution in [-0.2, 0) is 9.84 Å². The molecule has 1 aromatic rings. The van der Waals surface area contributed by atoms with Crippen LogP contribution in [-0.4, -0.2) is 26.4 Å². The SMILES string of the molecule is CS(=O)(=O)c1ccc(C#CCCO)cc1. The average molecular weight is 224 g/mol. The number of hydrogen-bond acceptors (Lipinski definition) is 3. The van der Waals surface area contributed by atoms with E-state index in [1.165, 1.54) is 18.4 Å². The third kappa shape index (κ3) is 3.74. The lowest BCUT2D eigenvalue weighted by atomic mass is 10.2. The molecule has 0 aliphatic heterocycles. The summed E-state index contributed by atoms with van der Waals surface area (Å²) < 4.78 is 22.3. The molecule has 0 spiro atoms. The van der Waals surface area contributed by atoms with Gasteiger partial charge in [0.1, 0.15) is 0 Å². The van der Waals surface area contributed by atoms with Crippen LogP contribution in [0.15, 0.2) is 29.2 Å². The third-order valence-electron chi connectivity index (χ3n) is 1.75. The molecule has 0 radical (unpaired) electrons. The number of rotatable bonds is 2. The van der Waals surface area contributed by atoms with Crippen LogP contribution in [0.2, 0.25) is 0 Å². The first-order chi connectivity index (χ1) is 7.04. The Labute approximate surface area is 89.7 Å². The van der Waals surface area contributed by atoms with Gasteiger partial charge in [0.25, 0.3) is 0 Å². The van der Waals surface area contributed by atoms with Gasteiger partial charge in [0.15, 0.2) is 9.84 Å². The Morgan fingerprint density at radius 1 is 1.27 bits per heavy atom. The Morgan fingerprint density at radius 2 is 1.87 bits per heavy atom. The standard InChI is InChI=1S/C11H12O3S/c1-15(13,14)11-7-5-10(6-8-11)4-2-3-9-12/h5-8,12H,3,9H2,1H3. The zero-order valence-electron chi connectivity index (χ0n) is 8.40. The molecule has 1 N–H and O–H groups in total. The van der Waals surface area contributed by atoms with E-state index in [4.69, 9.17) is 5.11 Å². The smallest absolute Gasteiger partial charge is 0.175 e. The van der Waals surface area contributed by atoms with Crippen LogP contribution in [0.3, 0.4) is 0 Å². The van der Waals surface area contributed by atoms with Crippen molar-refractivity contribution in [2.75, 3.05) is 12.9 Å². The molecule has 3 nitrogen and oxygen atoms in total. The van der Waals surface area contributed by atoms with Crippen LogP contribution >= 0.6 is 0 Å². The zero-order chi connectivity index (χ0) is 11.3. The number of benzene rings is 1. The fourth-order valence-corrected chi connectivity index (χ4v) is 1.64. The van der Waals surface area contributed by atoms with Gasteiger partial charge in [-0.15, -0.1) is 0 Å². The van der Waals surface area contributed by atoms with Crippen LogP contribution in [0.5, 0.6) is 0 Å². The molecule has 1 aromatic carbocycles. The molecule has 0 aliphatic carbocycles. The second kappa shape index (κ2) is 4.96. The lowest BCUT2D eigenvalue weighted by Gasteiger charge is -1.96. The molecule has 0 aromatic heterocycles. The maximum atomic E-state index is 11.1. The van der Waals surface area contributed by atoms with Gasteiger partial charge in [0.05, 0.1) is 11.5 Å². The van der Waals surface area contributed by atoms with Gasteiger partial charge in [-0.3, -0.25) is 0 Å². The highest BCUT2D eigenvalue weighted by Crippen LogP contribution is 2.09. The Kier molecular flexibility index (Phi) is 3.89. The summed E-state index contributed by atoms with van der Waals surface area (Å²) in [6.45, 7) is 0.0361. The van der Waals surface area contributed by atoms with Crippen molar-refractivity contribution < 1.29 is 13.5 Å². The summed E-state index contributed by atoms with van der Waals surface area (Å²) in [6, 6.07) is 6.36. The van der Waals surface area contributed by atoms with Crippen LogP contribution < -0.4 is 0 Å². The quantitative estimate of drug-likeness (QED) is 0.757. The highest BCUT2D eigenvalue weighted by atomic mass is 32.2. The molecule has 1 rings (SSSR count). The van der Waals surface area contributed by atoms with Crippen molar-refractivity contribution in [1.29, 1.82) is 0 Å². The summed E-state index contributed by atoms with van der Waals surface area (Å²) in [5, 5.41) is 8.51. The van der Waals surface area contributed by atoms with Crippen molar-refractivity contribution in [3.63, 3.8) is 0 Å². The topological polar surface area (TPSA) is 54.4 Å². The van der Waals surface area contributed by atoms with Crippen LogP contribution in [0.1, 0.15) is 12.0 Å². The van der Waals surface area contributed by atoms with E-state index in [0.717, 1.165) is 5.56 Å². The number of aliphatic hydroxyl groups is 1. The van der Waals surface area contributed by atoms with Gasteiger partial charge < -0.3 is 5.11 Å². The molecule has 0 saturated heterocycles. The fourth-order valence-electron chi connectivity index (χ4n) is 1.01.